The Hall–Kier alpha value is -0.150. The van der Waals surface area contributed by atoms with E-state index in [0.29, 0.717) is 0 Å². The molecule has 17 heavy (non-hydrogen) atoms. The summed E-state index contributed by atoms with van der Waals surface area (Å²) in [5.41, 5.74) is -0.728. The Morgan fingerprint density at radius 3 is 2.47 bits per heavy atom. The van der Waals surface area contributed by atoms with Crippen LogP contribution in [-0.2, 0) is 10.5 Å². The number of alkyl halides is 3. The van der Waals surface area contributed by atoms with Gasteiger partial charge >= 0.3 is 6.18 Å². The van der Waals surface area contributed by atoms with Gasteiger partial charge in [0.1, 0.15) is 0 Å². The largest absolute Gasteiger partial charge is 0.417 e. The van der Waals surface area contributed by atoms with Crippen LogP contribution in [0.15, 0.2) is 18.2 Å². The minimum absolute atomic E-state index is 0.0121. The van der Waals surface area contributed by atoms with Gasteiger partial charge in [0.2, 0.25) is 0 Å². The lowest BCUT2D eigenvalue weighted by atomic mass is 10.2. The number of hydrogen-bond donors (Lipinski definition) is 0. The van der Waals surface area contributed by atoms with Gasteiger partial charge in [-0.3, -0.25) is 0 Å². The lowest BCUT2D eigenvalue weighted by Crippen LogP contribution is -2.08. The fraction of sp³-hybridized carbons (Fsp3) is 0.400. The highest BCUT2D eigenvalue weighted by atomic mass is 127. The van der Waals surface area contributed by atoms with Crippen molar-refractivity contribution in [2.75, 3.05) is 0 Å². The van der Waals surface area contributed by atoms with Crippen LogP contribution in [0.25, 0.3) is 0 Å². The van der Waals surface area contributed by atoms with Gasteiger partial charge in [-0.1, -0.05) is 19.9 Å². The van der Waals surface area contributed by atoms with Crippen molar-refractivity contribution in [2.45, 2.75) is 25.3 Å². The Labute approximate surface area is 115 Å². The van der Waals surface area contributed by atoms with E-state index in [1.807, 2.05) is 13.8 Å². The molecule has 0 spiro atoms. The Bertz CT molecular complexity index is 382. The topological polar surface area (TPSA) is 18.5 Å². The zero-order valence-corrected chi connectivity index (χ0v) is 12.0. The molecule has 1 aromatic carbocycles. The summed E-state index contributed by atoms with van der Waals surface area (Å²) in [6.45, 7) is 3.76. The average Bonchev–Trinajstić information content (AvgIpc) is 2.18. The van der Waals surface area contributed by atoms with Gasteiger partial charge in [-0.05, 0) is 34.7 Å². The van der Waals surface area contributed by atoms with E-state index in [2.05, 4.69) is 0 Å². The molecule has 0 radical (unpaired) electrons. The summed E-state index contributed by atoms with van der Waals surface area (Å²) < 4.78 is 42.5. The van der Waals surface area contributed by atoms with Gasteiger partial charge in [0.25, 0.3) is 0 Å². The van der Waals surface area contributed by atoms with Crippen molar-refractivity contribution in [3.8, 4) is 5.75 Å². The molecular weight excluding hydrogens is 368 g/mol. The number of rotatable bonds is 4. The molecule has 0 aliphatic heterocycles. The molecule has 0 unspecified atom stereocenters. The zero-order chi connectivity index (χ0) is 13.1. The summed E-state index contributed by atoms with van der Waals surface area (Å²) in [7, 11) is 0. The number of benzene rings is 1. The molecular formula is C10H10F3IO2S. The average molecular weight is 378 g/mol. The second-order valence-corrected chi connectivity index (χ2v) is 5.76. The molecule has 7 heteroatoms. The Morgan fingerprint density at radius 1 is 1.29 bits per heavy atom. The summed E-state index contributed by atoms with van der Waals surface area (Å²) in [6.07, 6.45) is -4.39. The Morgan fingerprint density at radius 2 is 1.94 bits per heavy atom. The SMILES string of the molecule is CC(C)SOOc1cccc(C(F)(F)F)c1I. The predicted octanol–water partition coefficient (Wildman–Crippen LogP) is 4.68. The summed E-state index contributed by atoms with van der Waals surface area (Å²) in [5.74, 6) is 0.0635. The van der Waals surface area contributed by atoms with Gasteiger partial charge in [0.05, 0.1) is 9.13 Å². The molecule has 0 saturated heterocycles. The molecule has 0 N–H and O–H groups in total. The molecule has 96 valence electrons. The summed E-state index contributed by atoms with van der Waals surface area (Å²) in [4.78, 5) is 4.84. The first-order chi connectivity index (χ1) is 7.82. The second kappa shape index (κ2) is 6.14. The third-order valence-corrected chi connectivity index (χ3v) is 3.27. The minimum Gasteiger partial charge on any atom is -0.324 e. The van der Waals surface area contributed by atoms with Gasteiger partial charge in [-0.2, -0.15) is 13.2 Å². The number of hydrogen-bond acceptors (Lipinski definition) is 3. The van der Waals surface area contributed by atoms with Gasteiger partial charge in [0.15, 0.2) is 5.75 Å². The summed E-state index contributed by atoms with van der Waals surface area (Å²) in [5, 5.41) is 0.165. The van der Waals surface area contributed by atoms with E-state index in [-0.39, 0.29) is 14.6 Å². The molecule has 0 heterocycles. The maximum atomic E-state index is 12.6. The Kier molecular flexibility index (Phi) is 5.39. The molecule has 1 rings (SSSR count). The van der Waals surface area contributed by atoms with Crippen molar-refractivity contribution in [3.63, 3.8) is 0 Å². The number of halogens is 4. The van der Waals surface area contributed by atoms with E-state index in [9.17, 15) is 13.2 Å². The predicted molar refractivity (Wildman–Crippen MR) is 68.6 cm³/mol. The van der Waals surface area contributed by atoms with Crippen molar-refractivity contribution < 1.29 is 22.4 Å². The molecule has 0 fully saturated rings. The van der Waals surface area contributed by atoms with Gasteiger partial charge in [-0.15, -0.1) is 4.33 Å². The van der Waals surface area contributed by atoms with Crippen LogP contribution >= 0.6 is 34.6 Å². The third-order valence-electron chi connectivity index (χ3n) is 1.62. The lowest BCUT2D eigenvalue weighted by molar-refractivity contribution is -0.139. The van der Waals surface area contributed by atoms with Crippen molar-refractivity contribution in [2.24, 2.45) is 0 Å². The monoisotopic (exact) mass is 378 g/mol. The molecule has 2 nitrogen and oxygen atoms in total. The van der Waals surface area contributed by atoms with Crippen molar-refractivity contribution in [1.82, 2.24) is 0 Å². The van der Waals surface area contributed by atoms with Crippen LogP contribution in [0.3, 0.4) is 0 Å². The quantitative estimate of drug-likeness (QED) is 0.328. The fourth-order valence-corrected chi connectivity index (χ4v) is 1.95. The summed E-state index contributed by atoms with van der Waals surface area (Å²) in [6, 6.07) is 3.71. The van der Waals surface area contributed by atoms with E-state index in [0.717, 1.165) is 18.1 Å². The van der Waals surface area contributed by atoms with Crippen molar-refractivity contribution in [3.05, 3.63) is 27.3 Å². The van der Waals surface area contributed by atoms with Crippen LogP contribution in [0.4, 0.5) is 13.2 Å². The first-order valence-corrected chi connectivity index (χ1v) is 6.56. The van der Waals surface area contributed by atoms with Crippen LogP contribution in [-0.4, -0.2) is 5.25 Å². The van der Waals surface area contributed by atoms with Crippen molar-refractivity contribution in [1.29, 1.82) is 0 Å². The second-order valence-electron chi connectivity index (χ2n) is 3.41. The fourth-order valence-electron chi connectivity index (χ4n) is 0.929. The molecule has 0 aliphatic carbocycles. The van der Waals surface area contributed by atoms with E-state index < -0.39 is 11.7 Å². The minimum atomic E-state index is -4.39. The highest BCUT2D eigenvalue weighted by Gasteiger charge is 2.34. The van der Waals surface area contributed by atoms with Crippen LogP contribution in [0.5, 0.6) is 5.75 Å². The zero-order valence-electron chi connectivity index (χ0n) is 9.05. The van der Waals surface area contributed by atoms with Crippen molar-refractivity contribution >= 4 is 34.6 Å². The first kappa shape index (κ1) is 14.9. The summed E-state index contributed by atoms with van der Waals surface area (Å²) >= 11 is 2.63. The molecule has 0 aromatic heterocycles. The van der Waals surface area contributed by atoms with Gasteiger partial charge in [0, 0.05) is 17.3 Å². The molecule has 0 bridgehead atoms. The maximum Gasteiger partial charge on any atom is 0.417 e. The molecule has 0 aliphatic rings. The molecule has 0 amide bonds. The maximum absolute atomic E-state index is 12.6. The molecule has 0 saturated carbocycles. The van der Waals surface area contributed by atoms with E-state index >= 15 is 0 Å². The van der Waals surface area contributed by atoms with Gasteiger partial charge in [-0.25, -0.2) is 0 Å². The van der Waals surface area contributed by atoms with E-state index in [1.165, 1.54) is 12.1 Å². The van der Waals surface area contributed by atoms with Crippen LogP contribution in [0.2, 0.25) is 0 Å². The highest BCUT2D eigenvalue weighted by molar-refractivity contribution is 14.1. The smallest absolute Gasteiger partial charge is 0.324 e. The van der Waals surface area contributed by atoms with Crippen LogP contribution < -0.4 is 4.89 Å². The normalized spacial score (nSPS) is 11.9. The highest BCUT2D eigenvalue weighted by Crippen LogP contribution is 2.37. The third kappa shape index (κ3) is 4.55. The molecule has 0 atom stereocenters. The van der Waals surface area contributed by atoms with Crippen LogP contribution in [0, 0.1) is 3.57 Å². The molecule has 1 aromatic rings. The van der Waals surface area contributed by atoms with E-state index in [4.69, 9.17) is 9.22 Å². The lowest BCUT2D eigenvalue weighted by Gasteiger charge is -2.12. The van der Waals surface area contributed by atoms with Gasteiger partial charge < -0.3 is 4.89 Å². The van der Waals surface area contributed by atoms with E-state index in [1.54, 1.807) is 22.6 Å². The van der Waals surface area contributed by atoms with Crippen LogP contribution in [0.1, 0.15) is 19.4 Å². The standard InChI is InChI=1S/C10H10F3IO2S/c1-6(2)17-16-15-8-5-3-4-7(9(8)14)10(11,12)13/h3-6H,1-2H3. The first-order valence-electron chi connectivity index (χ1n) is 4.68. The Balaban J connectivity index is 2.81.